The van der Waals surface area contributed by atoms with E-state index in [1.165, 1.54) is 0 Å². The molecular weight excluding hydrogens is 185 g/mol. The van der Waals surface area contributed by atoms with Gasteiger partial charge in [-0.15, -0.1) is 0 Å². The fourth-order valence-electron chi connectivity index (χ4n) is 0. The average molecular weight is 191 g/mol. The first-order valence-electron chi connectivity index (χ1n) is 0.775. The molecule has 8 heavy (non-hydrogen) atoms. The Kier molecular flexibility index (Phi) is 84.9. The van der Waals surface area contributed by atoms with Gasteiger partial charge in [0, 0.05) is 32.7 Å². The Hall–Kier alpha value is 3.24. The van der Waals surface area contributed by atoms with E-state index in [2.05, 4.69) is 0 Å². The zero-order valence-corrected chi connectivity index (χ0v) is 10.3. The monoisotopic (exact) mass is 191 g/mol. The van der Waals surface area contributed by atoms with Gasteiger partial charge in [0.1, 0.15) is 0 Å². The summed E-state index contributed by atoms with van der Waals surface area (Å²) < 4.78 is 0. The molecule has 0 spiro atoms. The summed E-state index contributed by atoms with van der Waals surface area (Å²) >= 11 is 0. The Balaban J connectivity index is -0.00000000214. The van der Waals surface area contributed by atoms with E-state index in [1.54, 1.807) is 0 Å². The van der Waals surface area contributed by atoms with Gasteiger partial charge in [-0.3, -0.25) is 0 Å². The van der Waals surface area contributed by atoms with Gasteiger partial charge >= 0.3 is 74.6 Å². The van der Waals surface area contributed by atoms with Gasteiger partial charge in [0.25, 0.3) is 0 Å². The summed E-state index contributed by atoms with van der Waals surface area (Å²) in [6.45, 7) is 0. The molecule has 33 valence electrons. The summed E-state index contributed by atoms with van der Waals surface area (Å²) in [5, 5.41) is 21.5. The third kappa shape index (κ3) is 59.7. The smallest absolute Gasteiger partial charge is 1.00 e. The summed E-state index contributed by atoms with van der Waals surface area (Å²) in [6, 6.07) is 0. The topological polar surface area (TPSA) is 60.7 Å². The second-order valence-electron chi connectivity index (χ2n) is 0.346. The van der Waals surface area contributed by atoms with Gasteiger partial charge < -0.3 is 19.4 Å². The molecule has 0 aliphatic carbocycles. The van der Waals surface area contributed by atoms with Crippen molar-refractivity contribution in [2.45, 2.75) is 0 Å². The van der Waals surface area contributed by atoms with Crippen LogP contribution in [-0.2, 0) is 32.7 Å². The van der Waals surface area contributed by atoms with Gasteiger partial charge in [-0.2, -0.15) is 0 Å². The minimum absolute atomic E-state index is 0. The van der Waals surface area contributed by atoms with Gasteiger partial charge in [0.05, 0.1) is 0 Å². The second kappa shape index (κ2) is 22.5. The third-order valence-corrected chi connectivity index (χ3v) is 0. The molecule has 0 aromatic rings. The minimum Gasteiger partial charge on any atom is -1.00 e. The number of hydrogen-bond acceptors (Lipinski definition) is 3. The van der Waals surface area contributed by atoms with Crippen LogP contribution < -0.4 is 67.3 Å². The van der Waals surface area contributed by atoms with Crippen molar-refractivity contribution in [1.82, 2.24) is 0 Å². The summed E-state index contributed by atoms with van der Waals surface area (Å²) in [7, 11) is -2.17. The van der Waals surface area contributed by atoms with Crippen molar-refractivity contribution in [3.05, 3.63) is 0 Å². The molecule has 0 bridgehead atoms. The molecule has 0 fully saturated rings. The number of hydrogen-bond donors (Lipinski definition) is 3. The molecule has 0 heterocycles. The molecule has 1 radical (unpaired) electrons. The van der Waals surface area contributed by atoms with Crippen LogP contribution in [0.1, 0.15) is 4.28 Å². The molecule has 0 rings (SSSR count). The maximum absolute atomic E-state index is 7.17. The predicted molar refractivity (Wildman–Crippen MR) is 15.7 cm³/mol. The van der Waals surface area contributed by atoms with E-state index in [9.17, 15) is 0 Å². The molecule has 0 aliphatic heterocycles. The Bertz CT molecular complexity index is 31.3. The van der Waals surface area contributed by atoms with Gasteiger partial charge in [0.2, 0.25) is 0 Å². The van der Waals surface area contributed by atoms with E-state index in [-0.39, 0.29) is 104 Å². The van der Waals surface area contributed by atoms with Crippen molar-refractivity contribution in [2.75, 3.05) is 0 Å². The van der Waals surface area contributed by atoms with Crippen molar-refractivity contribution < 1.29 is 119 Å². The number of rotatable bonds is 0. The molecule has 8 heteroatoms. The summed E-state index contributed by atoms with van der Waals surface area (Å²) in [4.78, 5) is 0. The van der Waals surface area contributed by atoms with Crippen molar-refractivity contribution in [3.8, 4) is 0 Å². The van der Waals surface area contributed by atoms with Gasteiger partial charge in [0.15, 0.2) is 0 Å². The second-order valence-corrected chi connectivity index (χ2v) is 0.346. The molecule has 3 N–H and O–H groups in total. The van der Waals surface area contributed by atoms with Gasteiger partial charge in [-0.25, -0.2) is 0 Å². The van der Waals surface area contributed by atoms with E-state index >= 15 is 0 Å². The van der Waals surface area contributed by atoms with E-state index in [0.29, 0.717) is 0 Å². The Labute approximate surface area is 125 Å². The molecule has 0 aliphatic rings. The van der Waals surface area contributed by atoms with Crippen LogP contribution >= 0.6 is 0 Å². The first kappa shape index (κ1) is 30.3. The first-order chi connectivity index (χ1) is 1.73. The minimum atomic E-state index is -2.17. The molecule has 3 nitrogen and oxygen atoms in total. The fourth-order valence-corrected chi connectivity index (χ4v) is 0. The van der Waals surface area contributed by atoms with E-state index in [1.807, 2.05) is 0 Å². The average Bonchev–Trinajstić information content (AvgIpc) is 0.811. The molecule has 0 aromatic carbocycles. The summed E-state index contributed by atoms with van der Waals surface area (Å²) in [5.41, 5.74) is 0. The van der Waals surface area contributed by atoms with Crippen LogP contribution in [0.2, 0.25) is 0 Å². The van der Waals surface area contributed by atoms with E-state index in [0.717, 1.165) is 0 Å². The molecule has 0 unspecified atom stereocenters. The van der Waals surface area contributed by atoms with Crippen molar-refractivity contribution in [2.24, 2.45) is 0 Å². The fraction of sp³-hybridized carbons (Fsp3) is 0. The van der Waals surface area contributed by atoms with Crippen LogP contribution in [0.25, 0.3) is 0 Å². The zero-order chi connectivity index (χ0) is 3.58. The Morgan fingerprint density at radius 1 is 1.00 bits per heavy atom. The first-order valence-corrected chi connectivity index (χ1v) is 0.775. The third-order valence-electron chi connectivity index (χ3n) is 0. The largest absolute Gasteiger partial charge is 1.00 e. The maximum Gasteiger partial charge on any atom is 1.00 e. The predicted octanol–water partition coefficient (Wildman–Crippen LogP) is -10.7. The molecule has 0 aromatic heterocycles. The van der Waals surface area contributed by atoms with Crippen LogP contribution in [0.3, 0.4) is 0 Å². The van der Waals surface area contributed by atoms with E-state index < -0.39 is 7.32 Å². The quantitative estimate of drug-likeness (QED) is 0.333. The van der Waals surface area contributed by atoms with Gasteiger partial charge in [-0.1, -0.05) is 0 Å². The van der Waals surface area contributed by atoms with Crippen LogP contribution in [-0.4, -0.2) is 22.4 Å². The van der Waals surface area contributed by atoms with Crippen molar-refractivity contribution in [3.63, 3.8) is 0 Å². The Morgan fingerprint density at radius 3 is 1.00 bits per heavy atom. The van der Waals surface area contributed by atoms with Crippen molar-refractivity contribution in [1.29, 1.82) is 0 Å². The molecule has 0 saturated heterocycles. The van der Waals surface area contributed by atoms with Gasteiger partial charge in [-0.05, 0) is 0 Å². The van der Waals surface area contributed by atoms with Crippen LogP contribution in [0, 0.1) is 0 Å². The molecule has 0 atom stereocenters. The van der Waals surface area contributed by atoms with Crippen LogP contribution in [0.15, 0.2) is 0 Å². The zero-order valence-electron chi connectivity index (χ0n) is 8.50. The van der Waals surface area contributed by atoms with Crippen LogP contribution in [0.5, 0.6) is 0 Å². The molecular formula is H6BLi2NaO3Y. The van der Waals surface area contributed by atoms with Crippen LogP contribution in [0.4, 0.5) is 0 Å². The molecule has 0 amide bonds. The maximum atomic E-state index is 7.17. The standard InChI is InChI=1S/BH3O3.2Li.Na.Y.3H/c2-1(3)4;;;;;;;/h2-4H;;;;;;;/q;3*+1;;3*-1. The normalized spacial score (nSPS) is 3.38. The van der Waals surface area contributed by atoms with E-state index in [4.69, 9.17) is 15.1 Å². The molecule has 0 saturated carbocycles. The Morgan fingerprint density at radius 2 is 1.00 bits per heavy atom. The van der Waals surface area contributed by atoms with Crippen molar-refractivity contribution >= 4 is 7.32 Å². The SMILES string of the molecule is OB(O)O.[H-].[H-].[H-].[Li+].[Li+].[Na+].[Y]. The summed E-state index contributed by atoms with van der Waals surface area (Å²) in [5.74, 6) is 0. The summed E-state index contributed by atoms with van der Waals surface area (Å²) in [6.07, 6.45) is 0.